The number of anilines is 1. The number of rotatable bonds is 6. The molecule has 1 aromatic carbocycles. The molecular weight excluding hydrogens is 434 g/mol. The minimum Gasteiger partial charge on any atom is -0.465 e. The zero-order valence-corrected chi connectivity index (χ0v) is 20.5. The highest BCUT2D eigenvalue weighted by Gasteiger charge is 2.38. The van der Waals surface area contributed by atoms with Gasteiger partial charge in [-0.1, -0.05) is 6.07 Å². The van der Waals surface area contributed by atoms with Crippen LogP contribution in [-0.4, -0.2) is 81.6 Å². The van der Waals surface area contributed by atoms with Crippen LogP contribution < -0.4 is 4.90 Å². The number of hydrogen-bond acceptors (Lipinski definition) is 5. The van der Waals surface area contributed by atoms with Gasteiger partial charge < -0.3 is 14.7 Å². The summed E-state index contributed by atoms with van der Waals surface area (Å²) < 4.78 is 7.36. The van der Waals surface area contributed by atoms with Crippen LogP contribution in [0.2, 0.25) is 0 Å². The zero-order chi connectivity index (χ0) is 24.4. The Morgan fingerprint density at radius 2 is 1.94 bits per heavy atom. The number of carboxylic acid groups (broad SMARTS) is 1. The van der Waals surface area contributed by atoms with Gasteiger partial charge in [-0.2, -0.15) is 5.10 Å². The van der Waals surface area contributed by atoms with E-state index in [-0.39, 0.29) is 24.0 Å². The molecule has 0 spiro atoms. The van der Waals surface area contributed by atoms with Crippen LogP contribution in [-0.2, 0) is 16.1 Å². The molecule has 4 rings (SSSR count). The summed E-state index contributed by atoms with van der Waals surface area (Å²) in [6, 6.07) is 5.37. The first-order chi connectivity index (χ1) is 16.3. The number of morpholine rings is 1. The quantitative estimate of drug-likeness (QED) is 0.697. The van der Waals surface area contributed by atoms with E-state index in [0.717, 1.165) is 61.8 Å². The second-order valence-corrected chi connectivity index (χ2v) is 9.49. The van der Waals surface area contributed by atoms with Crippen LogP contribution in [0.3, 0.4) is 0 Å². The summed E-state index contributed by atoms with van der Waals surface area (Å²) in [6.45, 7) is 12.5. The smallest absolute Gasteiger partial charge is 0.408 e. The van der Waals surface area contributed by atoms with Gasteiger partial charge in [0.05, 0.1) is 32.0 Å². The third-order valence-electron chi connectivity index (χ3n) is 6.82. The molecule has 3 heterocycles. The number of amides is 2. The molecule has 2 atom stereocenters. The number of nitrogens with zero attached hydrogens (tertiary/aromatic N) is 5. The van der Waals surface area contributed by atoms with Crippen molar-refractivity contribution in [2.75, 3.05) is 37.7 Å². The summed E-state index contributed by atoms with van der Waals surface area (Å²) in [5.74, 6) is -0.0395. The average Bonchev–Trinajstić information content (AvgIpc) is 3.26. The van der Waals surface area contributed by atoms with E-state index < -0.39 is 6.09 Å². The van der Waals surface area contributed by atoms with Crippen molar-refractivity contribution in [2.24, 2.45) is 0 Å². The van der Waals surface area contributed by atoms with Crippen molar-refractivity contribution >= 4 is 17.7 Å². The normalized spacial score (nSPS) is 20.9. The number of fused-ring (bicyclic) bond motifs is 1. The highest BCUT2D eigenvalue weighted by atomic mass is 16.5. The molecule has 0 radical (unpaired) electrons. The predicted octanol–water partition coefficient (Wildman–Crippen LogP) is 3.46. The second-order valence-electron chi connectivity index (χ2n) is 9.49. The fourth-order valence-electron chi connectivity index (χ4n) is 5.17. The minimum atomic E-state index is -0.948. The molecule has 0 aliphatic carbocycles. The SMILES string of the molecule is CC(=O)N1c2ccc(-c3cnn(CCN4CCOCC4)c3)cc2[C@H](N(C(=O)O)C(C)C)C[C@@H]1C. The minimum absolute atomic E-state index is 0.0395. The maximum atomic E-state index is 12.4. The Morgan fingerprint density at radius 1 is 1.21 bits per heavy atom. The number of ether oxygens (including phenoxy) is 1. The van der Waals surface area contributed by atoms with Crippen LogP contribution in [0.25, 0.3) is 11.1 Å². The van der Waals surface area contributed by atoms with Crippen molar-refractivity contribution < 1.29 is 19.4 Å². The van der Waals surface area contributed by atoms with Gasteiger partial charge in [0.1, 0.15) is 0 Å². The second kappa shape index (κ2) is 10.1. The van der Waals surface area contributed by atoms with Gasteiger partial charge in [-0.25, -0.2) is 4.79 Å². The summed E-state index contributed by atoms with van der Waals surface area (Å²) in [5, 5.41) is 14.5. The zero-order valence-electron chi connectivity index (χ0n) is 20.5. The van der Waals surface area contributed by atoms with Crippen molar-refractivity contribution in [3.63, 3.8) is 0 Å². The van der Waals surface area contributed by atoms with Crippen molar-refractivity contribution in [2.45, 2.75) is 58.8 Å². The fraction of sp³-hybridized carbons (Fsp3) is 0.560. The van der Waals surface area contributed by atoms with Gasteiger partial charge in [0.25, 0.3) is 0 Å². The highest BCUT2D eigenvalue weighted by Crippen LogP contribution is 2.43. The third kappa shape index (κ3) is 4.95. The maximum Gasteiger partial charge on any atom is 0.408 e. The average molecular weight is 470 g/mol. The topological polar surface area (TPSA) is 91.1 Å². The lowest BCUT2D eigenvalue weighted by Gasteiger charge is -2.43. The van der Waals surface area contributed by atoms with Crippen LogP contribution in [0, 0.1) is 0 Å². The Morgan fingerprint density at radius 3 is 2.59 bits per heavy atom. The largest absolute Gasteiger partial charge is 0.465 e. The first-order valence-electron chi connectivity index (χ1n) is 12.0. The molecule has 1 aromatic heterocycles. The number of carbonyl (C=O) groups excluding carboxylic acids is 1. The third-order valence-corrected chi connectivity index (χ3v) is 6.82. The molecule has 0 bridgehead atoms. The van der Waals surface area contributed by atoms with Crippen LogP contribution >= 0.6 is 0 Å². The Hall–Kier alpha value is -2.91. The van der Waals surface area contributed by atoms with Gasteiger partial charge in [0, 0.05) is 56.1 Å². The van der Waals surface area contributed by atoms with Crippen molar-refractivity contribution in [1.82, 2.24) is 19.6 Å². The fourth-order valence-corrected chi connectivity index (χ4v) is 5.17. The van der Waals surface area contributed by atoms with Crippen LogP contribution in [0.15, 0.2) is 30.6 Å². The molecule has 9 heteroatoms. The van der Waals surface area contributed by atoms with Gasteiger partial charge in [0.2, 0.25) is 5.91 Å². The maximum absolute atomic E-state index is 12.4. The molecule has 2 aliphatic rings. The standard InChI is InChI=1S/C25H35N5O4/c1-17(2)29(25(32)33)24-13-18(3)30(19(4)31)23-6-5-20(14-22(23)24)21-15-26-28(16-21)8-7-27-9-11-34-12-10-27/h5-6,14-18,24H,7-13H2,1-4H3,(H,32,33)/t18-,24+/m0/s1. The Bertz CT molecular complexity index is 1030. The summed E-state index contributed by atoms with van der Waals surface area (Å²) in [6.07, 6.45) is 3.49. The monoisotopic (exact) mass is 469 g/mol. The molecule has 2 amide bonds. The number of hydrogen-bond donors (Lipinski definition) is 1. The van der Waals surface area contributed by atoms with E-state index in [0.29, 0.717) is 6.42 Å². The van der Waals surface area contributed by atoms with Crippen molar-refractivity contribution in [3.05, 3.63) is 36.2 Å². The first-order valence-corrected chi connectivity index (χ1v) is 12.0. The first kappa shape index (κ1) is 24.2. The van der Waals surface area contributed by atoms with E-state index in [1.54, 1.807) is 11.8 Å². The van der Waals surface area contributed by atoms with E-state index in [2.05, 4.69) is 10.00 Å². The van der Waals surface area contributed by atoms with Gasteiger partial charge in [-0.15, -0.1) is 0 Å². The van der Waals surface area contributed by atoms with Gasteiger partial charge >= 0.3 is 6.09 Å². The summed E-state index contributed by atoms with van der Waals surface area (Å²) in [7, 11) is 0. The van der Waals surface area contributed by atoms with E-state index in [1.165, 1.54) is 4.90 Å². The number of benzene rings is 1. The molecule has 2 aromatic rings. The lowest BCUT2D eigenvalue weighted by molar-refractivity contribution is -0.117. The van der Waals surface area contributed by atoms with Gasteiger partial charge in [-0.3, -0.25) is 19.3 Å². The molecule has 0 saturated carbocycles. The molecule has 1 fully saturated rings. The van der Waals surface area contributed by atoms with Crippen molar-refractivity contribution in [3.8, 4) is 11.1 Å². The molecule has 2 aliphatic heterocycles. The number of aromatic nitrogens is 2. The summed E-state index contributed by atoms with van der Waals surface area (Å²) >= 11 is 0. The molecule has 9 nitrogen and oxygen atoms in total. The van der Waals surface area contributed by atoms with Crippen LogP contribution in [0.4, 0.5) is 10.5 Å². The lowest BCUT2D eigenvalue weighted by atomic mass is 9.88. The van der Waals surface area contributed by atoms with Gasteiger partial charge in [-0.05, 0) is 50.5 Å². The molecular formula is C25H35N5O4. The van der Waals surface area contributed by atoms with Crippen LogP contribution in [0.5, 0.6) is 0 Å². The van der Waals surface area contributed by atoms with E-state index >= 15 is 0 Å². The van der Waals surface area contributed by atoms with E-state index in [9.17, 15) is 14.7 Å². The summed E-state index contributed by atoms with van der Waals surface area (Å²) in [4.78, 5) is 30.3. The van der Waals surface area contributed by atoms with Crippen LogP contribution in [0.1, 0.15) is 45.7 Å². The number of carbonyl (C=O) groups is 2. The Labute approximate surface area is 200 Å². The molecule has 1 N–H and O–H groups in total. The Balaban J connectivity index is 1.64. The van der Waals surface area contributed by atoms with E-state index in [4.69, 9.17) is 4.74 Å². The molecule has 34 heavy (non-hydrogen) atoms. The van der Waals surface area contributed by atoms with E-state index in [1.807, 2.05) is 56.0 Å². The Kier molecular flexibility index (Phi) is 7.23. The lowest BCUT2D eigenvalue weighted by Crippen LogP contribution is -2.48. The molecule has 184 valence electrons. The summed E-state index contributed by atoms with van der Waals surface area (Å²) in [5.41, 5.74) is 3.59. The molecule has 0 unspecified atom stereocenters. The predicted molar refractivity (Wildman–Crippen MR) is 130 cm³/mol. The van der Waals surface area contributed by atoms with Gasteiger partial charge in [0.15, 0.2) is 0 Å². The molecule has 1 saturated heterocycles. The highest BCUT2D eigenvalue weighted by molar-refractivity contribution is 5.94. The van der Waals surface area contributed by atoms with Crippen molar-refractivity contribution in [1.29, 1.82) is 0 Å².